The fourth-order valence-corrected chi connectivity index (χ4v) is 7.78. The van der Waals surface area contributed by atoms with Crippen molar-refractivity contribution in [2.24, 2.45) is 0 Å². The van der Waals surface area contributed by atoms with E-state index in [1.54, 1.807) is 17.4 Å². The fourth-order valence-electron chi connectivity index (χ4n) is 5.57. The van der Waals surface area contributed by atoms with Crippen LogP contribution in [0.25, 0.3) is 5.57 Å². The van der Waals surface area contributed by atoms with E-state index in [9.17, 15) is 14.4 Å². The van der Waals surface area contributed by atoms with Gasteiger partial charge in [-0.3, -0.25) is 24.4 Å². The minimum atomic E-state index is -0.349. The zero-order chi connectivity index (χ0) is 37.5. The lowest BCUT2D eigenvalue weighted by Crippen LogP contribution is -2.33. The maximum Gasteiger partial charge on any atom is 0.335 e. The topological polar surface area (TPSA) is 119 Å². The molecule has 0 aliphatic carbocycles. The van der Waals surface area contributed by atoms with Crippen LogP contribution < -0.4 is 0 Å². The lowest BCUT2D eigenvalue weighted by atomic mass is 10.1. The number of ketones is 1. The Labute approximate surface area is 324 Å². The molecule has 2 N–H and O–H groups in total. The van der Waals surface area contributed by atoms with Gasteiger partial charge in [0.2, 0.25) is 0 Å². The van der Waals surface area contributed by atoms with Crippen molar-refractivity contribution in [3.8, 4) is 0 Å². The summed E-state index contributed by atoms with van der Waals surface area (Å²) in [6.45, 7) is 3.16. The number of rotatable bonds is 9. The van der Waals surface area contributed by atoms with Gasteiger partial charge in [-0.2, -0.15) is 0 Å². The summed E-state index contributed by atoms with van der Waals surface area (Å²) in [7, 11) is 10.5. The maximum absolute atomic E-state index is 11.2. The number of nitrogens with one attached hydrogen (secondary N) is 1. The van der Waals surface area contributed by atoms with E-state index in [2.05, 4.69) is 37.9 Å². The second kappa shape index (κ2) is 22.4. The Morgan fingerprint density at radius 3 is 1.60 bits per heavy atom. The van der Waals surface area contributed by atoms with Gasteiger partial charge >= 0.3 is 11.9 Å². The number of carbonyl (C=O) groups excluding carboxylic acids is 3. The average molecular weight is 816 g/mol. The third-order valence-corrected chi connectivity index (χ3v) is 10.9. The number of ether oxygens (including phenoxy) is 2. The van der Waals surface area contributed by atoms with Crippen molar-refractivity contribution in [2.45, 2.75) is 24.2 Å². The molecule has 0 bridgehead atoms. The van der Waals surface area contributed by atoms with E-state index < -0.39 is 0 Å². The van der Waals surface area contributed by atoms with Crippen molar-refractivity contribution >= 4 is 93.3 Å². The molecule has 0 aromatic carbocycles. The van der Waals surface area contributed by atoms with E-state index in [1.807, 2.05) is 48.0 Å². The molecule has 5 rings (SSSR count). The molecule has 0 saturated carbocycles. The molecule has 5 heterocycles. The first-order chi connectivity index (χ1) is 23.8. The number of halogens is 4. The van der Waals surface area contributed by atoms with Gasteiger partial charge in [0, 0.05) is 54.8 Å². The number of carbonyl (C=O) groups is 3. The number of methoxy groups -OCH3 is 2. The number of esters is 2. The summed E-state index contributed by atoms with van der Waals surface area (Å²) in [6.07, 6.45) is 7.75. The van der Waals surface area contributed by atoms with Gasteiger partial charge in [0.25, 0.3) is 0 Å². The first-order valence-electron chi connectivity index (χ1n) is 15.7. The van der Waals surface area contributed by atoms with Gasteiger partial charge in [-0.15, -0.1) is 57.7 Å². The van der Waals surface area contributed by atoms with Crippen molar-refractivity contribution in [2.75, 3.05) is 98.7 Å². The molecule has 0 radical (unpaired) electrons. The highest BCUT2D eigenvalue weighted by atomic mass is 35.5. The summed E-state index contributed by atoms with van der Waals surface area (Å²) < 4.78 is 10.0. The largest absolute Gasteiger partial charge is 0.466 e. The van der Waals surface area contributed by atoms with Crippen LogP contribution in [0.2, 0.25) is 0 Å². The lowest BCUT2D eigenvalue weighted by Gasteiger charge is -2.19. The highest BCUT2D eigenvalue weighted by Gasteiger charge is 2.30. The number of thiazole rings is 1. The molecule has 4 aliphatic heterocycles. The van der Waals surface area contributed by atoms with Gasteiger partial charge in [-0.1, -0.05) is 24.3 Å². The number of aromatic amines is 1. The van der Waals surface area contributed by atoms with Crippen LogP contribution in [0, 0.1) is 3.95 Å². The molecule has 280 valence electrons. The molecule has 1 aromatic rings. The number of likely N-dealkylation sites (N-methyl/N-ethyl adjacent to an activating group) is 4. The van der Waals surface area contributed by atoms with Crippen molar-refractivity contribution in [1.82, 2.24) is 24.6 Å². The van der Waals surface area contributed by atoms with Crippen LogP contribution in [-0.4, -0.2) is 170 Å². The molecule has 0 amide bonds. The molecule has 4 atom stereocenters. The molecule has 11 nitrogen and oxygen atoms in total. The molecular weight excluding hydrogens is 768 g/mol. The summed E-state index contributed by atoms with van der Waals surface area (Å²) in [4.78, 5) is 44.9. The summed E-state index contributed by atoms with van der Waals surface area (Å²) in [5, 5.41) is 11.0. The normalized spacial score (nSPS) is 23.7. The van der Waals surface area contributed by atoms with Crippen LogP contribution in [0.15, 0.2) is 46.4 Å². The van der Waals surface area contributed by atoms with Crippen LogP contribution in [0.5, 0.6) is 0 Å². The molecule has 17 heteroatoms. The molecule has 1 aromatic heterocycles. The number of H-pyrrole nitrogens is 1. The standard InChI is InChI=1S/C9H11ClN2S2.C8H11Cl2NO.C8H12ClNO2.C8H13NO3/c1-12-3-2-6(8(12)4-10)7-5-14-9(13)11-7;1-11-3-2-6(7(11)4-9)8(12)5-10;1-10-4-3-6(7(10)5-9)8(11)12-2;1-9-4-3-6(7(9)5-10)8(11)12-2/h2,5,8H,3-4H2,1H3,(H,11,13);2,7H,3-5H2,1H3;3,7H,4-5H2,1-2H3;3,7,10H,4-5H2,1-2H3/t8-;3*7-/m1111/s1. The minimum Gasteiger partial charge on any atom is -0.466 e. The monoisotopic (exact) mass is 813 g/mol. The van der Waals surface area contributed by atoms with Crippen molar-refractivity contribution < 1.29 is 29.0 Å². The third-order valence-electron chi connectivity index (χ3n) is 8.69. The van der Waals surface area contributed by atoms with Gasteiger partial charge in [0.05, 0.1) is 67.7 Å². The number of aliphatic hydroxyl groups is 1. The Balaban J connectivity index is 0.000000232. The van der Waals surface area contributed by atoms with Crippen LogP contribution in [0.3, 0.4) is 0 Å². The molecule has 0 saturated heterocycles. The number of Topliss-reactive ketones (excluding diaryl/α,β-unsaturated/α-hetero) is 1. The molecule has 0 fully saturated rings. The summed E-state index contributed by atoms with van der Waals surface area (Å²) in [6, 6.07) is 0.186. The van der Waals surface area contributed by atoms with Gasteiger partial charge in [-0.25, -0.2) is 9.59 Å². The average Bonchev–Trinajstić information content (AvgIpc) is 3.96. The highest BCUT2D eigenvalue weighted by Crippen LogP contribution is 2.28. The second-order valence-electron chi connectivity index (χ2n) is 11.7. The van der Waals surface area contributed by atoms with E-state index in [4.69, 9.17) is 63.7 Å². The van der Waals surface area contributed by atoms with Gasteiger partial charge in [0.15, 0.2) is 9.74 Å². The Hall–Kier alpha value is -1.62. The van der Waals surface area contributed by atoms with Crippen molar-refractivity contribution in [1.29, 1.82) is 0 Å². The Bertz CT molecular complexity index is 1370. The highest BCUT2D eigenvalue weighted by molar-refractivity contribution is 7.73. The van der Waals surface area contributed by atoms with Gasteiger partial charge in [-0.05, 0) is 46.0 Å². The van der Waals surface area contributed by atoms with E-state index in [-0.39, 0.29) is 48.3 Å². The van der Waals surface area contributed by atoms with Crippen LogP contribution >= 0.6 is 70.0 Å². The zero-order valence-electron chi connectivity index (χ0n) is 29.2. The van der Waals surface area contributed by atoms with E-state index in [1.165, 1.54) is 19.8 Å². The predicted molar refractivity (Wildman–Crippen MR) is 206 cm³/mol. The summed E-state index contributed by atoms with van der Waals surface area (Å²) in [5.41, 5.74) is 4.39. The smallest absolute Gasteiger partial charge is 0.335 e. The van der Waals surface area contributed by atoms with Crippen LogP contribution in [0.4, 0.5) is 0 Å². The Kier molecular flexibility index (Phi) is 20.0. The molecule has 0 unspecified atom stereocenters. The molecule has 50 heavy (non-hydrogen) atoms. The van der Waals surface area contributed by atoms with E-state index in [0.29, 0.717) is 41.4 Å². The van der Waals surface area contributed by atoms with Crippen molar-refractivity contribution in [3.63, 3.8) is 0 Å². The number of alkyl halides is 4. The number of nitrogens with zero attached hydrogens (tertiary/aromatic N) is 4. The van der Waals surface area contributed by atoms with Crippen LogP contribution in [-0.2, 0) is 23.9 Å². The first kappa shape index (κ1) is 44.5. The molecule has 0 spiro atoms. The fraction of sp³-hybridized carbons (Fsp3) is 0.576. The molecule has 4 aliphatic rings. The minimum absolute atomic E-state index is 0.00772. The number of hydrogen-bond donors (Lipinski definition) is 2. The van der Waals surface area contributed by atoms with Gasteiger partial charge in [0.1, 0.15) is 0 Å². The second-order valence-corrected chi connectivity index (χ2v) is 14.4. The zero-order valence-corrected chi connectivity index (χ0v) is 33.8. The quantitative estimate of drug-likeness (QED) is 0.214. The lowest BCUT2D eigenvalue weighted by molar-refractivity contribution is -0.137. The summed E-state index contributed by atoms with van der Waals surface area (Å²) >= 11 is 29.4. The maximum atomic E-state index is 11.2. The Morgan fingerprint density at radius 1 is 0.760 bits per heavy atom. The first-order valence-corrected chi connectivity index (χ1v) is 19.1. The van der Waals surface area contributed by atoms with Crippen LogP contribution in [0.1, 0.15) is 5.69 Å². The van der Waals surface area contributed by atoms with Crippen molar-refractivity contribution in [3.05, 3.63) is 56.1 Å². The molecular formula is C33H47Cl4N5O6S2. The van der Waals surface area contributed by atoms with E-state index >= 15 is 0 Å². The SMILES string of the molecule is CN1CC=C(C(=O)CCl)[C@H]1CCl.CN1CC=C(c2csc(=S)[nH]2)[C@H]1CCl.COC(=O)C1=CCN(C)[C@@H]1CCl.COC(=O)C1=CCN(C)[C@@H]1CO. The summed E-state index contributed by atoms with van der Waals surface area (Å²) in [5.74, 6) is 0.920. The predicted octanol–water partition coefficient (Wildman–Crippen LogP) is 4.05. The van der Waals surface area contributed by atoms with Gasteiger partial charge < -0.3 is 19.6 Å². The van der Waals surface area contributed by atoms with E-state index in [0.717, 1.165) is 34.9 Å². The number of aliphatic hydroxyl groups excluding tert-OH is 1. The number of hydrogen-bond acceptors (Lipinski definition) is 12. The third kappa shape index (κ3) is 12.0. The number of aromatic nitrogens is 1. The Morgan fingerprint density at radius 2 is 1.18 bits per heavy atom.